The summed E-state index contributed by atoms with van der Waals surface area (Å²) in [6, 6.07) is 1.22. The summed E-state index contributed by atoms with van der Waals surface area (Å²) in [5.74, 6) is -3.26. The minimum absolute atomic E-state index is 0.0793. The molecule has 3 atom stereocenters. The van der Waals surface area contributed by atoms with E-state index in [1.54, 1.807) is 20.8 Å². The number of hydrogen-bond acceptors (Lipinski definition) is 6. The molecule has 36 heavy (non-hydrogen) atoms. The number of halogens is 1. The Bertz CT molecular complexity index is 1050. The largest absolute Gasteiger partial charge is 0.481 e. The summed E-state index contributed by atoms with van der Waals surface area (Å²) in [7, 11) is 0. The van der Waals surface area contributed by atoms with Gasteiger partial charge in [0.15, 0.2) is 0 Å². The van der Waals surface area contributed by atoms with E-state index in [2.05, 4.69) is 16.0 Å². The molecule has 1 aliphatic heterocycles. The molecule has 4 N–H and O–H groups in total. The molecule has 0 unspecified atom stereocenters. The van der Waals surface area contributed by atoms with Crippen LogP contribution in [0.4, 0.5) is 5.69 Å². The SMILES string of the molecule is CC(=O)Nc1ccc(C(=O)N[C@H](C(=O)N2CCC[C@H]2C(=O)N[C@H](C=O)CC(=O)O)C(C)(C)C)c(Cl)c1. The second-order valence-electron chi connectivity index (χ2n) is 9.69. The van der Waals surface area contributed by atoms with E-state index in [1.165, 1.54) is 30.0 Å². The maximum Gasteiger partial charge on any atom is 0.305 e. The van der Waals surface area contributed by atoms with E-state index >= 15 is 0 Å². The molecule has 1 aliphatic rings. The van der Waals surface area contributed by atoms with E-state index in [1.807, 2.05) is 0 Å². The molecule has 1 saturated heterocycles. The minimum Gasteiger partial charge on any atom is -0.481 e. The summed E-state index contributed by atoms with van der Waals surface area (Å²) in [4.78, 5) is 74.1. The number of rotatable bonds is 9. The Labute approximate surface area is 213 Å². The van der Waals surface area contributed by atoms with Gasteiger partial charge in [0.1, 0.15) is 18.4 Å². The fourth-order valence-corrected chi connectivity index (χ4v) is 4.17. The first-order chi connectivity index (χ1) is 16.7. The number of carbonyl (C=O) groups excluding carboxylic acids is 5. The zero-order valence-corrected chi connectivity index (χ0v) is 21.3. The Morgan fingerprint density at radius 3 is 2.39 bits per heavy atom. The molecule has 0 aliphatic carbocycles. The fraction of sp³-hybridized carbons (Fsp3) is 0.500. The summed E-state index contributed by atoms with van der Waals surface area (Å²) in [5.41, 5.74) is -0.228. The Kier molecular flexibility index (Phi) is 9.57. The van der Waals surface area contributed by atoms with Crippen LogP contribution in [0.1, 0.15) is 57.3 Å². The molecular weight excluding hydrogens is 492 g/mol. The smallest absolute Gasteiger partial charge is 0.305 e. The van der Waals surface area contributed by atoms with Gasteiger partial charge in [0, 0.05) is 19.2 Å². The Morgan fingerprint density at radius 1 is 1.19 bits per heavy atom. The third-order valence-corrected chi connectivity index (χ3v) is 5.96. The molecule has 1 fully saturated rings. The van der Waals surface area contributed by atoms with E-state index < -0.39 is 53.7 Å². The van der Waals surface area contributed by atoms with Crippen molar-refractivity contribution in [3.63, 3.8) is 0 Å². The molecular formula is C24H31ClN4O7. The van der Waals surface area contributed by atoms with Crippen LogP contribution in [0.25, 0.3) is 0 Å². The van der Waals surface area contributed by atoms with E-state index in [0.29, 0.717) is 24.8 Å². The molecule has 11 nitrogen and oxygen atoms in total. The maximum absolute atomic E-state index is 13.6. The zero-order chi connectivity index (χ0) is 27.2. The monoisotopic (exact) mass is 522 g/mol. The van der Waals surface area contributed by atoms with Crippen molar-refractivity contribution in [1.29, 1.82) is 0 Å². The lowest BCUT2D eigenvalue weighted by molar-refractivity contribution is -0.143. The fourth-order valence-electron chi connectivity index (χ4n) is 3.91. The lowest BCUT2D eigenvalue weighted by Crippen LogP contribution is -2.58. The summed E-state index contributed by atoms with van der Waals surface area (Å²) in [5, 5.41) is 16.7. The van der Waals surface area contributed by atoms with Crippen molar-refractivity contribution >= 4 is 53.2 Å². The average molecular weight is 523 g/mol. The summed E-state index contributed by atoms with van der Waals surface area (Å²) >= 11 is 6.24. The van der Waals surface area contributed by atoms with Crippen LogP contribution in [0.15, 0.2) is 18.2 Å². The average Bonchev–Trinajstić information content (AvgIpc) is 3.25. The van der Waals surface area contributed by atoms with Crippen LogP contribution in [-0.2, 0) is 24.0 Å². The topological polar surface area (TPSA) is 162 Å². The first-order valence-electron chi connectivity index (χ1n) is 11.4. The van der Waals surface area contributed by atoms with E-state index in [9.17, 15) is 28.8 Å². The molecule has 2 rings (SSSR count). The third kappa shape index (κ3) is 7.51. The number of benzene rings is 1. The normalized spacial score (nSPS) is 17.0. The van der Waals surface area contributed by atoms with Crippen LogP contribution in [-0.4, -0.2) is 70.6 Å². The predicted octanol–water partition coefficient (Wildman–Crippen LogP) is 1.59. The molecule has 0 saturated carbocycles. The number of carbonyl (C=O) groups is 6. The molecule has 0 bridgehead atoms. The number of aliphatic carboxylic acids is 1. The van der Waals surface area contributed by atoms with Gasteiger partial charge in [-0.2, -0.15) is 0 Å². The highest BCUT2D eigenvalue weighted by atomic mass is 35.5. The number of nitrogens with one attached hydrogen (secondary N) is 3. The quantitative estimate of drug-likeness (QED) is 0.358. The number of likely N-dealkylation sites (tertiary alicyclic amines) is 1. The highest BCUT2D eigenvalue weighted by molar-refractivity contribution is 6.34. The molecule has 0 aromatic heterocycles. The van der Waals surface area contributed by atoms with E-state index in [0.717, 1.165) is 0 Å². The van der Waals surface area contributed by atoms with Crippen LogP contribution in [0, 0.1) is 5.41 Å². The molecule has 1 aromatic rings. The van der Waals surface area contributed by atoms with Crippen molar-refractivity contribution < 1.29 is 33.9 Å². The van der Waals surface area contributed by atoms with Crippen LogP contribution >= 0.6 is 11.6 Å². The van der Waals surface area contributed by atoms with Crippen molar-refractivity contribution in [1.82, 2.24) is 15.5 Å². The molecule has 12 heteroatoms. The van der Waals surface area contributed by atoms with Gasteiger partial charge in [-0.05, 0) is 36.5 Å². The van der Waals surface area contributed by atoms with Gasteiger partial charge in [-0.15, -0.1) is 0 Å². The standard InChI is InChI=1S/C24H31ClN4O7/c1-13(31)26-14-7-8-16(17(25)10-14)21(34)28-20(24(2,3)4)23(36)29-9-5-6-18(29)22(35)27-15(12-30)11-19(32)33/h7-8,10,12,15,18,20H,5-6,9,11H2,1-4H3,(H,26,31)(H,27,35)(H,28,34)(H,32,33)/t15-,18-,20+/m0/s1. The number of nitrogens with zero attached hydrogens (tertiary/aromatic N) is 1. The number of anilines is 1. The Balaban J connectivity index is 2.22. The van der Waals surface area contributed by atoms with Gasteiger partial charge < -0.3 is 30.8 Å². The van der Waals surface area contributed by atoms with Gasteiger partial charge in [0.05, 0.1) is 23.0 Å². The molecule has 196 valence electrons. The van der Waals surface area contributed by atoms with Crippen molar-refractivity contribution in [2.24, 2.45) is 5.41 Å². The Morgan fingerprint density at radius 2 is 1.86 bits per heavy atom. The van der Waals surface area contributed by atoms with Crippen molar-refractivity contribution in [2.45, 2.75) is 65.1 Å². The zero-order valence-electron chi connectivity index (χ0n) is 20.6. The van der Waals surface area contributed by atoms with E-state index in [4.69, 9.17) is 16.7 Å². The van der Waals surface area contributed by atoms with Crippen LogP contribution in [0.2, 0.25) is 5.02 Å². The van der Waals surface area contributed by atoms with Gasteiger partial charge in [0.2, 0.25) is 17.7 Å². The number of hydrogen-bond donors (Lipinski definition) is 4. The highest BCUT2D eigenvalue weighted by Gasteiger charge is 2.42. The first kappa shape index (κ1) is 28.8. The number of amides is 4. The van der Waals surface area contributed by atoms with Crippen molar-refractivity contribution in [3.8, 4) is 0 Å². The molecule has 0 radical (unpaired) electrons. The van der Waals surface area contributed by atoms with Crippen molar-refractivity contribution in [2.75, 3.05) is 11.9 Å². The highest BCUT2D eigenvalue weighted by Crippen LogP contribution is 2.27. The minimum atomic E-state index is -1.24. The Hall–Kier alpha value is -3.47. The summed E-state index contributed by atoms with van der Waals surface area (Å²) in [6.07, 6.45) is 0.623. The van der Waals surface area contributed by atoms with Gasteiger partial charge in [-0.25, -0.2) is 0 Å². The van der Waals surface area contributed by atoms with Crippen LogP contribution in [0.5, 0.6) is 0 Å². The van der Waals surface area contributed by atoms with Crippen LogP contribution < -0.4 is 16.0 Å². The van der Waals surface area contributed by atoms with Gasteiger partial charge in [0.25, 0.3) is 5.91 Å². The third-order valence-electron chi connectivity index (χ3n) is 5.65. The molecule has 1 aromatic carbocycles. The number of aldehydes is 1. The first-order valence-corrected chi connectivity index (χ1v) is 11.8. The van der Waals surface area contributed by atoms with Crippen molar-refractivity contribution in [3.05, 3.63) is 28.8 Å². The number of carboxylic acid groups (broad SMARTS) is 1. The van der Waals surface area contributed by atoms with Crippen LogP contribution in [0.3, 0.4) is 0 Å². The molecule has 4 amide bonds. The second-order valence-corrected chi connectivity index (χ2v) is 10.1. The lowest BCUT2D eigenvalue weighted by atomic mass is 9.85. The second kappa shape index (κ2) is 12.0. The summed E-state index contributed by atoms with van der Waals surface area (Å²) < 4.78 is 0. The lowest BCUT2D eigenvalue weighted by Gasteiger charge is -2.35. The maximum atomic E-state index is 13.6. The van der Waals surface area contributed by atoms with E-state index in [-0.39, 0.29) is 23.0 Å². The molecule has 0 spiro atoms. The van der Waals surface area contributed by atoms with Gasteiger partial charge in [-0.1, -0.05) is 32.4 Å². The number of carboxylic acids is 1. The predicted molar refractivity (Wildman–Crippen MR) is 131 cm³/mol. The van der Waals surface area contributed by atoms with Gasteiger partial charge >= 0.3 is 5.97 Å². The summed E-state index contributed by atoms with van der Waals surface area (Å²) in [6.45, 7) is 6.88. The van der Waals surface area contributed by atoms with Gasteiger partial charge in [-0.3, -0.25) is 24.0 Å². The molecule has 1 heterocycles.